The molecule has 3 aromatic rings. The first-order valence-corrected chi connectivity index (χ1v) is 8.48. The number of urea groups is 1. The maximum Gasteiger partial charge on any atom is 0.315 e. The fraction of sp³-hybridized carbons (Fsp3) is 0.190. The third-order valence-corrected chi connectivity index (χ3v) is 4.76. The highest BCUT2D eigenvalue weighted by Gasteiger charge is 2.31. The molecule has 1 aliphatic carbocycles. The average Bonchev–Trinajstić information content (AvgIpc) is 2.95. The lowest BCUT2D eigenvalue weighted by Crippen LogP contribution is -2.40. The molecule has 1 aliphatic rings. The van der Waals surface area contributed by atoms with E-state index in [4.69, 9.17) is 0 Å². The quantitative estimate of drug-likeness (QED) is 0.689. The predicted octanol–water partition coefficient (Wildman–Crippen LogP) is 3.30. The number of fused-ring (bicyclic) bond motifs is 2. The van der Waals surface area contributed by atoms with Crippen molar-refractivity contribution in [3.8, 4) is 0 Å². The topological polar surface area (TPSA) is 61.4 Å². The molecule has 2 atom stereocenters. The average molecular weight is 332 g/mol. The van der Waals surface area contributed by atoms with Gasteiger partial charge in [-0.15, -0.1) is 0 Å². The zero-order valence-corrected chi connectivity index (χ0v) is 13.8. The summed E-state index contributed by atoms with van der Waals surface area (Å²) >= 11 is 0. The smallest absolute Gasteiger partial charge is 0.315 e. The van der Waals surface area contributed by atoms with Gasteiger partial charge in [0.2, 0.25) is 0 Å². The number of hydrogen-bond donors (Lipinski definition) is 3. The minimum absolute atomic E-state index is 0.270. The Morgan fingerprint density at radius 2 is 1.76 bits per heavy atom. The second-order valence-corrected chi connectivity index (χ2v) is 6.46. The first kappa shape index (κ1) is 15.7. The van der Waals surface area contributed by atoms with Crippen LogP contribution in [0, 0.1) is 0 Å². The molecule has 0 saturated carbocycles. The highest BCUT2D eigenvalue weighted by atomic mass is 16.3. The number of hydrogen-bond acceptors (Lipinski definition) is 2. The molecule has 0 heterocycles. The van der Waals surface area contributed by atoms with Gasteiger partial charge in [0.05, 0.1) is 12.1 Å². The number of aliphatic hydroxyl groups excluding tert-OH is 1. The predicted molar refractivity (Wildman–Crippen MR) is 98.2 cm³/mol. The van der Waals surface area contributed by atoms with Gasteiger partial charge in [-0.05, 0) is 33.5 Å². The van der Waals surface area contributed by atoms with Crippen molar-refractivity contribution in [3.05, 3.63) is 83.4 Å². The summed E-state index contributed by atoms with van der Waals surface area (Å²) in [5.74, 6) is 0. The lowest BCUT2D eigenvalue weighted by Gasteiger charge is -2.18. The van der Waals surface area contributed by atoms with E-state index in [-0.39, 0.29) is 12.1 Å². The molecule has 2 amide bonds. The van der Waals surface area contributed by atoms with Crippen LogP contribution in [0.4, 0.5) is 4.79 Å². The van der Waals surface area contributed by atoms with Crippen molar-refractivity contribution in [2.75, 3.05) is 0 Å². The molecular weight excluding hydrogens is 312 g/mol. The second-order valence-electron chi connectivity index (χ2n) is 6.46. The van der Waals surface area contributed by atoms with Crippen LogP contribution in [0.15, 0.2) is 66.7 Å². The van der Waals surface area contributed by atoms with E-state index in [1.54, 1.807) is 0 Å². The van der Waals surface area contributed by atoms with Crippen molar-refractivity contribution in [2.45, 2.75) is 25.1 Å². The van der Waals surface area contributed by atoms with Crippen LogP contribution in [0.5, 0.6) is 0 Å². The molecule has 0 aromatic heterocycles. The SMILES string of the molecule is O=C(NCc1ccc2ccccc2c1)NC1c2ccccc2CC1O. The first-order chi connectivity index (χ1) is 12.2. The molecular formula is C21H20N2O2. The van der Waals surface area contributed by atoms with E-state index in [1.165, 1.54) is 5.39 Å². The van der Waals surface area contributed by atoms with Crippen LogP contribution in [0.25, 0.3) is 10.8 Å². The maximum absolute atomic E-state index is 12.3. The number of rotatable bonds is 3. The molecule has 0 aliphatic heterocycles. The van der Waals surface area contributed by atoms with E-state index in [1.807, 2.05) is 42.5 Å². The van der Waals surface area contributed by atoms with E-state index in [2.05, 4.69) is 34.9 Å². The van der Waals surface area contributed by atoms with E-state index in [0.717, 1.165) is 22.1 Å². The standard InChI is InChI=1S/C21H20N2O2/c24-19-12-17-7-3-4-8-18(17)20(19)23-21(25)22-13-14-9-10-15-5-1-2-6-16(15)11-14/h1-11,19-20,24H,12-13H2,(H2,22,23,25). The molecule has 2 unspecified atom stereocenters. The molecule has 0 saturated heterocycles. The van der Waals surface area contributed by atoms with Crippen LogP contribution in [-0.2, 0) is 13.0 Å². The van der Waals surface area contributed by atoms with Crippen molar-refractivity contribution < 1.29 is 9.90 Å². The van der Waals surface area contributed by atoms with Gasteiger partial charge in [0, 0.05) is 13.0 Å². The summed E-state index contributed by atoms with van der Waals surface area (Å²) in [4.78, 5) is 12.3. The Morgan fingerprint density at radius 1 is 1.00 bits per heavy atom. The Bertz CT molecular complexity index is 922. The maximum atomic E-state index is 12.3. The monoisotopic (exact) mass is 332 g/mol. The molecule has 4 nitrogen and oxygen atoms in total. The van der Waals surface area contributed by atoms with Crippen LogP contribution >= 0.6 is 0 Å². The van der Waals surface area contributed by atoms with E-state index < -0.39 is 6.10 Å². The third kappa shape index (κ3) is 3.21. The molecule has 25 heavy (non-hydrogen) atoms. The second kappa shape index (κ2) is 6.57. The van der Waals surface area contributed by atoms with Gasteiger partial charge in [0.25, 0.3) is 0 Å². The Morgan fingerprint density at radius 3 is 2.64 bits per heavy atom. The third-order valence-electron chi connectivity index (χ3n) is 4.76. The van der Waals surface area contributed by atoms with Crippen molar-refractivity contribution in [1.29, 1.82) is 0 Å². The van der Waals surface area contributed by atoms with Crippen molar-refractivity contribution >= 4 is 16.8 Å². The summed E-state index contributed by atoms with van der Waals surface area (Å²) in [6, 6.07) is 21.5. The number of carbonyl (C=O) groups excluding carboxylic acids is 1. The molecule has 0 radical (unpaired) electrons. The zero-order valence-electron chi connectivity index (χ0n) is 13.8. The summed E-state index contributed by atoms with van der Waals surface area (Å²) in [5.41, 5.74) is 3.13. The van der Waals surface area contributed by atoms with Gasteiger partial charge in [0.15, 0.2) is 0 Å². The molecule has 0 bridgehead atoms. The summed E-state index contributed by atoms with van der Waals surface area (Å²) in [6.07, 6.45) is -0.00460. The van der Waals surface area contributed by atoms with Gasteiger partial charge in [-0.1, -0.05) is 60.7 Å². The Kier molecular flexibility index (Phi) is 4.12. The molecule has 0 spiro atoms. The highest BCUT2D eigenvalue weighted by molar-refractivity contribution is 5.83. The van der Waals surface area contributed by atoms with Crippen LogP contribution in [-0.4, -0.2) is 17.2 Å². The van der Waals surface area contributed by atoms with Crippen LogP contribution in [0.3, 0.4) is 0 Å². The first-order valence-electron chi connectivity index (χ1n) is 8.48. The molecule has 3 aromatic carbocycles. The van der Waals surface area contributed by atoms with Crippen LogP contribution < -0.4 is 10.6 Å². The van der Waals surface area contributed by atoms with Crippen LogP contribution in [0.1, 0.15) is 22.7 Å². The highest BCUT2D eigenvalue weighted by Crippen LogP contribution is 2.31. The summed E-state index contributed by atoms with van der Waals surface area (Å²) in [7, 11) is 0. The molecule has 3 N–H and O–H groups in total. The Balaban J connectivity index is 1.40. The largest absolute Gasteiger partial charge is 0.390 e. The minimum Gasteiger partial charge on any atom is -0.390 e. The van der Waals surface area contributed by atoms with Gasteiger partial charge in [0.1, 0.15) is 0 Å². The van der Waals surface area contributed by atoms with Gasteiger partial charge < -0.3 is 15.7 Å². The van der Waals surface area contributed by atoms with Gasteiger partial charge >= 0.3 is 6.03 Å². The normalized spacial score (nSPS) is 18.8. The van der Waals surface area contributed by atoms with Crippen molar-refractivity contribution in [3.63, 3.8) is 0 Å². The molecule has 4 rings (SSSR count). The number of nitrogens with one attached hydrogen (secondary N) is 2. The lowest BCUT2D eigenvalue weighted by atomic mass is 10.1. The van der Waals surface area contributed by atoms with Gasteiger partial charge in [-0.3, -0.25) is 0 Å². The zero-order chi connectivity index (χ0) is 17.2. The molecule has 0 fully saturated rings. The van der Waals surface area contributed by atoms with E-state index in [9.17, 15) is 9.90 Å². The Hall–Kier alpha value is -2.85. The van der Waals surface area contributed by atoms with Crippen LogP contribution in [0.2, 0.25) is 0 Å². The van der Waals surface area contributed by atoms with Gasteiger partial charge in [-0.25, -0.2) is 4.79 Å². The lowest BCUT2D eigenvalue weighted by molar-refractivity contribution is 0.142. The fourth-order valence-electron chi connectivity index (χ4n) is 3.47. The summed E-state index contributed by atoms with van der Waals surface area (Å²) in [5, 5.41) is 18.3. The number of benzene rings is 3. The molecule has 4 heteroatoms. The van der Waals surface area contributed by atoms with E-state index >= 15 is 0 Å². The Labute approximate surface area is 146 Å². The molecule has 126 valence electrons. The summed E-state index contributed by atoms with van der Waals surface area (Å²) < 4.78 is 0. The summed E-state index contributed by atoms with van der Waals surface area (Å²) in [6.45, 7) is 0.446. The minimum atomic E-state index is -0.580. The number of aliphatic hydroxyl groups is 1. The van der Waals surface area contributed by atoms with Crippen molar-refractivity contribution in [2.24, 2.45) is 0 Å². The van der Waals surface area contributed by atoms with Crippen molar-refractivity contribution in [1.82, 2.24) is 10.6 Å². The number of amides is 2. The van der Waals surface area contributed by atoms with Gasteiger partial charge in [-0.2, -0.15) is 0 Å². The van der Waals surface area contributed by atoms with E-state index in [0.29, 0.717) is 13.0 Å². The fourth-order valence-corrected chi connectivity index (χ4v) is 3.47. The number of carbonyl (C=O) groups is 1.